The van der Waals surface area contributed by atoms with Crippen LogP contribution in [-0.2, 0) is 19.8 Å². The van der Waals surface area contributed by atoms with Crippen LogP contribution in [0.4, 0.5) is 4.79 Å². The molecule has 3 heterocycles. The molecule has 3 aliphatic rings. The molecule has 0 aromatic carbocycles. The first-order valence-corrected chi connectivity index (χ1v) is 8.95. The monoisotopic (exact) mass is 348 g/mol. The maximum atomic E-state index is 12.4. The van der Waals surface area contributed by atoms with Gasteiger partial charge >= 0.3 is 16.3 Å². The predicted molar refractivity (Wildman–Crippen MR) is 77.9 cm³/mol. The summed E-state index contributed by atoms with van der Waals surface area (Å²) in [5.41, 5.74) is 0. The molecule has 0 aromatic rings. The molecular weight excluding hydrogens is 328 g/mol. The summed E-state index contributed by atoms with van der Waals surface area (Å²) in [7, 11) is -4.56. The van der Waals surface area contributed by atoms with Gasteiger partial charge in [-0.15, -0.1) is 0 Å². The molecule has 10 nitrogen and oxygen atoms in total. The molecule has 3 aliphatic heterocycles. The first kappa shape index (κ1) is 16.4. The van der Waals surface area contributed by atoms with E-state index in [1.165, 1.54) is 4.90 Å². The van der Waals surface area contributed by atoms with Gasteiger partial charge < -0.3 is 20.3 Å². The average Bonchev–Trinajstić information content (AvgIpc) is 2.78. The molecule has 3 amide bonds. The van der Waals surface area contributed by atoms with Crippen LogP contribution in [0.3, 0.4) is 0 Å². The van der Waals surface area contributed by atoms with Crippen LogP contribution in [0.1, 0.15) is 12.8 Å². The lowest BCUT2D eigenvalue weighted by atomic mass is 10.0. The number of hydrogen-bond donors (Lipinski definition) is 3. The Bertz CT molecular complexity index is 588. The molecule has 0 saturated carbocycles. The smallest absolute Gasteiger partial charge is 0.362 e. The topological polar surface area (TPSA) is 128 Å². The van der Waals surface area contributed by atoms with Gasteiger partial charge in [0.1, 0.15) is 6.04 Å². The summed E-state index contributed by atoms with van der Waals surface area (Å²) in [5.74, 6) is -0.763. The first-order valence-electron chi connectivity index (χ1n) is 7.56. The average molecular weight is 348 g/mol. The lowest BCUT2D eigenvalue weighted by Crippen LogP contribution is -2.69. The minimum Gasteiger partial charge on any atom is -0.378 e. The summed E-state index contributed by atoms with van der Waals surface area (Å²) in [6.07, 6.45) is 1.03. The number of nitrogens with one attached hydrogen (secondary N) is 2. The fourth-order valence-corrected chi connectivity index (χ4v) is 4.17. The van der Waals surface area contributed by atoms with Crippen molar-refractivity contribution in [2.75, 3.05) is 32.8 Å². The lowest BCUT2D eigenvalue weighted by molar-refractivity contribution is -0.143. The summed E-state index contributed by atoms with van der Waals surface area (Å²) in [6.45, 7) is 2.78. The van der Waals surface area contributed by atoms with Crippen LogP contribution in [0, 0.1) is 0 Å². The molecule has 3 atom stereocenters. The molecule has 130 valence electrons. The van der Waals surface area contributed by atoms with E-state index in [1.54, 1.807) is 0 Å². The van der Waals surface area contributed by atoms with Crippen molar-refractivity contribution < 1.29 is 27.3 Å². The Kier molecular flexibility index (Phi) is 4.45. The Labute approximate surface area is 134 Å². The number of likely N-dealkylation sites (tertiary alicyclic amines) is 1. The normalized spacial score (nSPS) is 31.9. The Hall–Kier alpha value is -1.43. The molecule has 3 fully saturated rings. The number of nitrogens with zero attached hydrogens (tertiary/aromatic N) is 2. The second-order valence-electron chi connectivity index (χ2n) is 5.87. The number of rotatable bonds is 2. The molecule has 11 heteroatoms. The van der Waals surface area contributed by atoms with Crippen LogP contribution >= 0.6 is 0 Å². The maximum absolute atomic E-state index is 12.4. The number of fused-ring (bicyclic) bond motifs is 1. The molecule has 0 bridgehead atoms. The van der Waals surface area contributed by atoms with Crippen LogP contribution in [0.15, 0.2) is 0 Å². The fraction of sp³-hybridized carbons (Fsp3) is 0.833. The van der Waals surface area contributed by atoms with Gasteiger partial charge in [0.25, 0.3) is 5.91 Å². The second kappa shape index (κ2) is 6.23. The minimum atomic E-state index is -4.56. The summed E-state index contributed by atoms with van der Waals surface area (Å²) in [6, 6.07) is -2.06. The largest absolute Gasteiger partial charge is 0.378 e. The predicted octanol–water partition coefficient (Wildman–Crippen LogP) is -1.84. The number of carbonyl (C=O) groups is 2. The summed E-state index contributed by atoms with van der Waals surface area (Å²) >= 11 is 0. The van der Waals surface area contributed by atoms with Gasteiger partial charge in [0.15, 0.2) is 0 Å². The highest BCUT2D eigenvalue weighted by Crippen LogP contribution is 2.35. The fourth-order valence-electron chi connectivity index (χ4n) is 3.27. The van der Waals surface area contributed by atoms with Crippen molar-refractivity contribution in [2.45, 2.75) is 31.0 Å². The molecular formula is C12H20N4O6S. The SMILES string of the molecule is O=C(N[C@@H]1CCNCCOC1)N1CCC2[C@H]1C(=O)N2S(=O)(=O)O. The molecule has 1 unspecified atom stereocenters. The highest BCUT2D eigenvalue weighted by molar-refractivity contribution is 7.84. The Morgan fingerprint density at radius 2 is 2.13 bits per heavy atom. The van der Waals surface area contributed by atoms with E-state index in [-0.39, 0.29) is 12.6 Å². The number of amides is 3. The highest BCUT2D eigenvalue weighted by atomic mass is 32.2. The zero-order chi connectivity index (χ0) is 16.6. The van der Waals surface area contributed by atoms with Crippen LogP contribution < -0.4 is 10.6 Å². The third-order valence-electron chi connectivity index (χ3n) is 4.39. The molecule has 3 N–H and O–H groups in total. The Balaban J connectivity index is 1.60. The number of hydrogen-bond acceptors (Lipinski definition) is 6. The highest BCUT2D eigenvalue weighted by Gasteiger charge is 2.60. The van der Waals surface area contributed by atoms with E-state index in [2.05, 4.69) is 10.6 Å². The minimum absolute atomic E-state index is 0.165. The summed E-state index contributed by atoms with van der Waals surface area (Å²) < 4.78 is 37.2. The summed E-state index contributed by atoms with van der Waals surface area (Å²) in [4.78, 5) is 25.6. The number of β-lactam (4-membered cyclic amide) rings is 1. The molecule has 0 radical (unpaired) electrons. The van der Waals surface area contributed by atoms with Crippen LogP contribution in [0.25, 0.3) is 0 Å². The van der Waals surface area contributed by atoms with Crippen molar-refractivity contribution in [1.29, 1.82) is 0 Å². The Morgan fingerprint density at radius 1 is 1.35 bits per heavy atom. The standard InChI is InChI=1S/C12H20N4O6S/c17-11-10-9(16(11)23(19,20)21)2-5-15(10)12(18)14-8-1-3-13-4-6-22-7-8/h8-10,13H,1-7H2,(H,14,18)(H,19,20,21)/t8-,9?,10+/m1/s1. The van der Waals surface area contributed by atoms with E-state index in [4.69, 9.17) is 9.29 Å². The van der Waals surface area contributed by atoms with Crippen LogP contribution in [0.5, 0.6) is 0 Å². The third kappa shape index (κ3) is 3.13. The van der Waals surface area contributed by atoms with Crippen LogP contribution in [0.2, 0.25) is 0 Å². The lowest BCUT2D eigenvalue weighted by Gasteiger charge is -2.42. The van der Waals surface area contributed by atoms with E-state index >= 15 is 0 Å². The van der Waals surface area contributed by atoms with E-state index in [0.717, 1.165) is 13.1 Å². The van der Waals surface area contributed by atoms with Gasteiger partial charge in [-0.3, -0.25) is 9.35 Å². The molecule has 0 spiro atoms. The molecule has 0 aliphatic carbocycles. The molecule has 0 aromatic heterocycles. The van der Waals surface area contributed by atoms with Gasteiger partial charge in [-0.2, -0.15) is 8.42 Å². The number of ether oxygens (including phenoxy) is 1. The van der Waals surface area contributed by atoms with Crippen LogP contribution in [-0.4, -0.2) is 85.1 Å². The molecule has 23 heavy (non-hydrogen) atoms. The maximum Gasteiger partial charge on any atom is 0.362 e. The number of carbonyl (C=O) groups excluding carboxylic acids is 2. The van der Waals surface area contributed by atoms with E-state index in [9.17, 15) is 18.0 Å². The third-order valence-corrected chi connectivity index (χ3v) is 5.33. The van der Waals surface area contributed by atoms with Gasteiger partial charge in [0, 0.05) is 13.1 Å². The van der Waals surface area contributed by atoms with E-state index in [1.807, 2.05) is 0 Å². The Morgan fingerprint density at radius 3 is 2.87 bits per heavy atom. The van der Waals surface area contributed by atoms with Crippen molar-refractivity contribution in [2.24, 2.45) is 0 Å². The second-order valence-corrected chi connectivity index (χ2v) is 7.16. The summed E-state index contributed by atoms with van der Waals surface area (Å²) in [5, 5.41) is 6.00. The van der Waals surface area contributed by atoms with E-state index < -0.39 is 34.3 Å². The zero-order valence-corrected chi connectivity index (χ0v) is 13.3. The zero-order valence-electron chi connectivity index (χ0n) is 12.5. The first-order chi connectivity index (χ1) is 10.9. The van der Waals surface area contributed by atoms with Gasteiger partial charge in [-0.05, 0) is 19.4 Å². The van der Waals surface area contributed by atoms with Gasteiger partial charge in [0.2, 0.25) is 0 Å². The van der Waals surface area contributed by atoms with E-state index in [0.29, 0.717) is 30.4 Å². The van der Waals surface area contributed by atoms with Crippen molar-refractivity contribution >= 4 is 22.2 Å². The molecule has 3 saturated heterocycles. The van der Waals surface area contributed by atoms with Crippen molar-refractivity contribution in [3.8, 4) is 0 Å². The van der Waals surface area contributed by atoms with Crippen molar-refractivity contribution in [3.05, 3.63) is 0 Å². The van der Waals surface area contributed by atoms with Gasteiger partial charge in [-0.25, -0.2) is 9.10 Å². The van der Waals surface area contributed by atoms with Crippen molar-refractivity contribution in [3.63, 3.8) is 0 Å². The molecule has 3 rings (SSSR count). The van der Waals surface area contributed by atoms with Gasteiger partial charge in [0.05, 0.1) is 25.3 Å². The number of urea groups is 1. The van der Waals surface area contributed by atoms with Gasteiger partial charge in [-0.1, -0.05) is 0 Å². The van der Waals surface area contributed by atoms with Crippen molar-refractivity contribution in [1.82, 2.24) is 19.8 Å². The quantitative estimate of drug-likeness (QED) is 0.395.